The fourth-order valence-electron chi connectivity index (χ4n) is 5.38. The second-order valence-corrected chi connectivity index (χ2v) is 11.0. The highest BCUT2D eigenvalue weighted by atomic mass is 32.2. The van der Waals surface area contributed by atoms with Gasteiger partial charge in [0, 0.05) is 22.3 Å². The number of hydrogen-bond acceptors (Lipinski definition) is 5. The van der Waals surface area contributed by atoms with Crippen molar-refractivity contribution >= 4 is 33.9 Å². The average Bonchev–Trinajstić information content (AvgIpc) is 3.44. The Morgan fingerprint density at radius 3 is 1.75 bits per heavy atom. The van der Waals surface area contributed by atoms with Gasteiger partial charge in [-0.1, -0.05) is 122 Å². The molecule has 40 heavy (non-hydrogen) atoms. The van der Waals surface area contributed by atoms with Crippen molar-refractivity contribution in [3.63, 3.8) is 0 Å². The molecule has 4 nitrogen and oxygen atoms in total. The van der Waals surface area contributed by atoms with Gasteiger partial charge in [-0.15, -0.1) is 0 Å². The molecule has 2 aliphatic rings. The molecule has 0 fully saturated rings. The second kappa shape index (κ2) is 10.2. The Balaban J connectivity index is 1.50. The smallest absolute Gasteiger partial charge is 0.223 e. The molecular formula is C35H28N4S. The molecule has 5 aromatic rings. The van der Waals surface area contributed by atoms with Gasteiger partial charge in [0.05, 0.1) is 17.1 Å². The molecule has 0 aromatic heterocycles. The van der Waals surface area contributed by atoms with Crippen LogP contribution in [0.5, 0.6) is 0 Å². The lowest BCUT2D eigenvalue weighted by Gasteiger charge is -2.47. The molecule has 194 valence electrons. The predicted octanol–water partition coefficient (Wildman–Crippen LogP) is 8.25. The topological polar surface area (TPSA) is 31.2 Å². The monoisotopic (exact) mass is 536 g/mol. The van der Waals surface area contributed by atoms with Crippen LogP contribution in [0.1, 0.15) is 34.7 Å². The van der Waals surface area contributed by atoms with Crippen LogP contribution in [0.3, 0.4) is 0 Å². The Bertz CT molecular complexity index is 1700. The first-order valence-electron chi connectivity index (χ1n) is 13.6. The summed E-state index contributed by atoms with van der Waals surface area (Å²) in [5.41, 5.74) is 8.70. The number of benzene rings is 5. The molecule has 0 bridgehead atoms. The van der Waals surface area contributed by atoms with Crippen molar-refractivity contribution in [1.82, 2.24) is 0 Å². The van der Waals surface area contributed by atoms with Crippen LogP contribution in [-0.2, 0) is 11.4 Å². The predicted molar refractivity (Wildman–Crippen MR) is 168 cm³/mol. The zero-order valence-corrected chi connectivity index (χ0v) is 23.0. The summed E-state index contributed by atoms with van der Waals surface area (Å²) in [6.45, 7) is 2.18. The summed E-state index contributed by atoms with van der Waals surface area (Å²) in [7, 11) is 0. The van der Waals surface area contributed by atoms with Gasteiger partial charge < -0.3 is 0 Å². The van der Waals surface area contributed by atoms with Gasteiger partial charge in [0.2, 0.25) is 4.99 Å². The van der Waals surface area contributed by atoms with E-state index in [1.54, 1.807) is 11.8 Å². The third kappa shape index (κ3) is 4.02. The van der Waals surface area contributed by atoms with Gasteiger partial charge >= 0.3 is 0 Å². The summed E-state index contributed by atoms with van der Waals surface area (Å²) < 4.78 is 0. The lowest BCUT2D eigenvalue weighted by molar-refractivity contribution is 0.550. The van der Waals surface area contributed by atoms with Crippen LogP contribution in [0, 0.1) is 0 Å². The van der Waals surface area contributed by atoms with Crippen molar-refractivity contribution < 1.29 is 0 Å². The van der Waals surface area contributed by atoms with Crippen molar-refractivity contribution in [3.8, 4) is 0 Å². The van der Waals surface area contributed by atoms with Gasteiger partial charge in [-0.05, 0) is 48.0 Å². The summed E-state index contributed by atoms with van der Waals surface area (Å²) in [6.07, 6.45) is 1.00. The Morgan fingerprint density at radius 1 is 0.575 bits per heavy atom. The second-order valence-electron chi connectivity index (χ2n) is 9.82. The average molecular weight is 537 g/mol. The molecule has 5 aromatic carbocycles. The Hall–Kier alpha value is -4.61. The number of para-hydroxylation sites is 2. The molecule has 0 N–H and O–H groups in total. The van der Waals surface area contributed by atoms with Crippen LogP contribution in [0.25, 0.3) is 0 Å². The molecule has 0 saturated carbocycles. The molecule has 0 amide bonds. The number of fused-ring (bicyclic) bond motifs is 2. The number of aryl methyl sites for hydroxylation is 1. The van der Waals surface area contributed by atoms with Crippen LogP contribution in [-0.4, -0.2) is 10.8 Å². The van der Waals surface area contributed by atoms with Crippen molar-refractivity contribution in [2.45, 2.75) is 18.3 Å². The zero-order chi connectivity index (χ0) is 26.9. The van der Waals surface area contributed by atoms with Crippen LogP contribution >= 0.6 is 11.8 Å². The molecule has 2 heterocycles. The minimum absolute atomic E-state index is 0.780. The number of nitrogens with zero attached hydrogens (tertiary/aromatic N) is 4. The first-order valence-corrected chi connectivity index (χ1v) is 14.4. The van der Waals surface area contributed by atoms with Crippen molar-refractivity contribution in [1.29, 1.82) is 0 Å². The van der Waals surface area contributed by atoms with E-state index in [9.17, 15) is 0 Å². The third-order valence-corrected chi connectivity index (χ3v) is 8.76. The summed E-state index contributed by atoms with van der Waals surface area (Å²) >= 11 is 1.73. The van der Waals surface area contributed by atoms with Gasteiger partial charge in [-0.3, -0.25) is 0 Å². The van der Waals surface area contributed by atoms with E-state index in [1.807, 2.05) is 18.2 Å². The number of thioether (sulfide) groups is 1. The molecule has 0 radical (unpaired) electrons. The van der Waals surface area contributed by atoms with E-state index in [-0.39, 0.29) is 0 Å². The summed E-state index contributed by atoms with van der Waals surface area (Å²) in [5.74, 6) is 0. The van der Waals surface area contributed by atoms with E-state index in [4.69, 9.17) is 10.2 Å². The van der Waals surface area contributed by atoms with Crippen molar-refractivity contribution in [2.75, 3.05) is 10.0 Å². The SMILES string of the molecule is CCc1ccc(C2=NN(c3ccccc3)[C@]3(SC(c4ccccc4)=NN3c3ccccc3)c3ccccc32)cc1. The summed E-state index contributed by atoms with van der Waals surface area (Å²) in [5, 5.41) is 16.0. The van der Waals surface area contributed by atoms with Gasteiger partial charge in [0.1, 0.15) is 5.04 Å². The van der Waals surface area contributed by atoms with E-state index in [0.717, 1.165) is 50.8 Å². The van der Waals surface area contributed by atoms with Gasteiger partial charge in [0.25, 0.3) is 0 Å². The standard InChI is InChI=1S/C35H28N4S/c1-2-26-22-24-27(25-23-26)33-31-20-12-13-21-32(31)35(38(36-33)29-16-8-4-9-17-29)39(30-18-10-5-11-19-30)37-34(40-35)28-14-6-3-7-15-28/h3-25H,2H2,1H3/t35-/m1/s1. The summed E-state index contributed by atoms with van der Waals surface area (Å²) in [4.78, 5) is -0.780. The van der Waals surface area contributed by atoms with Crippen LogP contribution in [0.15, 0.2) is 150 Å². The molecule has 0 unspecified atom stereocenters. The largest absolute Gasteiger partial charge is 0.234 e. The quantitative estimate of drug-likeness (QED) is 0.227. The molecule has 2 aliphatic heterocycles. The highest BCUT2D eigenvalue weighted by molar-refractivity contribution is 8.15. The minimum atomic E-state index is -0.780. The van der Waals surface area contributed by atoms with Gasteiger partial charge in [-0.2, -0.15) is 10.2 Å². The van der Waals surface area contributed by atoms with Crippen LogP contribution in [0.4, 0.5) is 11.4 Å². The van der Waals surface area contributed by atoms with Crippen molar-refractivity contribution in [2.24, 2.45) is 10.2 Å². The Morgan fingerprint density at radius 2 is 1.12 bits per heavy atom. The molecule has 0 saturated heterocycles. The lowest BCUT2D eigenvalue weighted by Crippen LogP contribution is -2.54. The van der Waals surface area contributed by atoms with E-state index in [2.05, 4.69) is 138 Å². The maximum absolute atomic E-state index is 5.47. The van der Waals surface area contributed by atoms with Gasteiger partial charge in [-0.25, -0.2) is 10.0 Å². The van der Waals surface area contributed by atoms with E-state index in [0.29, 0.717) is 0 Å². The Labute approximate surface area is 239 Å². The Kier molecular flexibility index (Phi) is 6.21. The fourth-order valence-corrected chi connectivity index (χ4v) is 6.78. The lowest BCUT2D eigenvalue weighted by atomic mass is 9.92. The van der Waals surface area contributed by atoms with E-state index in [1.165, 1.54) is 5.56 Å². The fraction of sp³-hybridized carbons (Fsp3) is 0.0857. The highest BCUT2D eigenvalue weighted by Crippen LogP contribution is 2.55. The summed E-state index contributed by atoms with van der Waals surface area (Å²) in [6, 6.07) is 48.7. The molecule has 5 heteroatoms. The maximum Gasteiger partial charge on any atom is 0.234 e. The molecular weight excluding hydrogens is 508 g/mol. The highest BCUT2D eigenvalue weighted by Gasteiger charge is 2.55. The van der Waals surface area contributed by atoms with E-state index >= 15 is 0 Å². The number of rotatable bonds is 5. The first kappa shape index (κ1) is 24.4. The molecule has 1 spiro atoms. The van der Waals surface area contributed by atoms with Crippen molar-refractivity contribution in [3.05, 3.63) is 167 Å². The normalized spacial score (nSPS) is 17.9. The van der Waals surface area contributed by atoms with Crippen LogP contribution in [0.2, 0.25) is 0 Å². The first-order chi connectivity index (χ1) is 19.8. The maximum atomic E-state index is 5.47. The minimum Gasteiger partial charge on any atom is -0.223 e. The molecule has 7 rings (SSSR count). The third-order valence-electron chi connectivity index (χ3n) is 7.39. The van der Waals surface area contributed by atoms with Crippen LogP contribution < -0.4 is 10.0 Å². The molecule has 1 atom stereocenters. The van der Waals surface area contributed by atoms with Gasteiger partial charge in [0.15, 0.2) is 0 Å². The zero-order valence-electron chi connectivity index (χ0n) is 22.2. The number of hydrogen-bond donors (Lipinski definition) is 0. The molecule has 0 aliphatic carbocycles. The van der Waals surface area contributed by atoms with E-state index < -0.39 is 4.99 Å². The number of hydrazone groups is 2. The number of anilines is 2.